The van der Waals surface area contributed by atoms with Gasteiger partial charge in [0.05, 0.1) is 28.5 Å². The number of pyridine rings is 2. The average Bonchev–Trinajstić information content (AvgIpc) is 3.65. The van der Waals surface area contributed by atoms with Gasteiger partial charge in [0.1, 0.15) is 5.69 Å². The Kier molecular flexibility index (Phi) is 5.73. The molecule has 37 heavy (non-hydrogen) atoms. The van der Waals surface area contributed by atoms with Crippen molar-refractivity contribution in [2.45, 2.75) is 19.3 Å². The van der Waals surface area contributed by atoms with Gasteiger partial charge in [0.25, 0.3) is 0 Å². The van der Waals surface area contributed by atoms with Crippen LogP contribution in [0.15, 0.2) is 128 Å². The summed E-state index contributed by atoms with van der Waals surface area (Å²) in [6, 6.07) is 36.8. The Morgan fingerprint density at radius 1 is 0.541 bits per heavy atom. The van der Waals surface area contributed by atoms with Crippen molar-refractivity contribution in [1.82, 2.24) is 24.3 Å². The first-order valence-electron chi connectivity index (χ1n) is 12.4. The van der Waals surface area contributed by atoms with Gasteiger partial charge in [-0.1, -0.05) is 48.5 Å². The van der Waals surface area contributed by atoms with E-state index in [0.717, 1.165) is 45.4 Å². The van der Waals surface area contributed by atoms with Crippen molar-refractivity contribution in [1.29, 1.82) is 0 Å². The Morgan fingerprint density at radius 2 is 1.16 bits per heavy atom. The van der Waals surface area contributed by atoms with E-state index in [4.69, 9.17) is 15.1 Å². The molecule has 0 N–H and O–H groups in total. The fourth-order valence-electron chi connectivity index (χ4n) is 4.49. The lowest BCUT2D eigenvalue weighted by atomic mass is 9.84. The van der Waals surface area contributed by atoms with Crippen molar-refractivity contribution in [2.75, 3.05) is 0 Å². The van der Waals surface area contributed by atoms with Crippen LogP contribution in [0.3, 0.4) is 0 Å². The Morgan fingerprint density at radius 3 is 1.86 bits per heavy atom. The van der Waals surface area contributed by atoms with Gasteiger partial charge >= 0.3 is 0 Å². The predicted octanol–water partition coefficient (Wildman–Crippen LogP) is 7.11. The SMILES string of the molecule is CC(C)(c1cccc(-c2ccn(-c3ccccc3)c2)n1)c1cccc(-c2ccn(-c3ccccc3)n2)n1. The summed E-state index contributed by atoms with van der Waals surface area (Å²) in [6.07, 6.45) is 6.16. The minimum atomic E-state index is -0.393. The summed E-state index contributed by atoms with van der Waals surface area (Å²) in [7, 11) is 0. The molecule has 0 amide bonds. The molecule has 4 aromatic heterocycles. The maximum absolute atomic E-state index is 5.07. The maximum Gasteiger partial charge on any atom is 0.111 e. The van der Waals surface area contributed by atoms with Crippen LogP contribution in [-0.4, -0.2) is 24.3 Å². The van der Waals surface area contributed by atoms with Crippen LogP contribution in [0.4, 0.5) is 0 Å². The summed E-state index contributed by atoms with van der Waals surface area (Å²) >= 11 is 0. The molecule has 0 spiro atoms. The minimum absolute atomic E-state index is 0.393. The summed E-state index contributed by atoms with van der Waals surface area (Å²) in [5.41, 5.74) is 7.38. The Hall–Kier alpha value is -4.77. The van der Waals surface area contributed by atoms with E-state index in [2.05, 4.69) is 73.3 Å². The number of hydrogen-bond acceptors (Lipinski definition) is 3. The molecule has 2 aromatic carbocycles. The predicted molar refractivity (Wildman–Crippen MR) is 148 cm³/mol. The van der Waals surface area contributed by atoms with Crippen LogP contribution in [0.5, 0.6) is 0 Å². The summed E-state index contributed by atoms with van der Waals surface area (Å²) < 4.78 is 4.00. The van der Waals surface area contributed by atoms with E-state index in [1.807, 2.05) is 77.6 Å². The molecule has 0 aliphatic rings. The van der Waals surface area contributed by atoms with Gasteiger partial charge in [-0.25, -0.2) is 4.68 Å². The molecule has 180 valence electrons. The molecule has 0 bridgehead atoms. The molecule has 6 aromatic rings. The molecule has 0 unspecified atom stereocenters. The van der Waals surface area contributed by atoms with Crippen molar-refractivity contribution in [2.24, 2.45) is 0 Å². The van der Waals surface area contributed by atoms with Crippen LogP contribution in [-0.2, 0) is 5.41 Å². The molecule has 6 rings (SSSR count). The highest BCUT2D eigenvalue weighted by atomic mass is 15.3. The second-order valence-electron chi connectivity index (χ2n) is 9.57. The van der Waals surface area contributed by atoms with Crippen LogP contribution >= 0.6 is 0 Å². The van der Waals surface area contributed by atoms with E-state index in [1.165, 1.54) is 0 Å². The molecule has 0 fully saturated rings. The standard InChI is InChI=1S/C32H27N5/c1-32(2,30-17-9-15-27(33-30)24-19-21-36(23-24)25-11-5-3-6-12-25)31-18-10-16-28(34-31)29-20-22-37(35-29)26-13-7-4-8-14-26/h3-23H,1-2H3. The minimum Gasteiger partial charge on any atom is -0.323 e. The molecule has 0 saturated carbocycles. The van der Waals surface area contributed by atoms with Crippen molar-refractivity contribution >= 4 is 0 Å². The third-order valence-electron chi connectivity index (χ3n) is 6.69. The van der Waals surface area contributed by atoms with Gasteiger partial charge in [-0.05, 0) is 74.5 Å². The van der Waals surface area contributed by atoms with Gasteiger partial charge in [-0.2, -0.15) is 5.10 Å². The van der Waals surface area contributed by atoms with E-state index in [1.54, 1.807) is 0 Å². The van der Waals surface area contributed by atoms with E-state index in [-0.39, 0.29) is 0 Å². The van der Waals surface area contributed by atoms with E-state index < -0.39 is 5.41 Å². The summed E-state index contributed by atoms with van der Waals surface area (Å²) in [5, 5.41) is 4.76. The van der Waals surface area contributed by atoms with Crippen LogP contribution in [0.2, 0.25) is 0 Å². The third-order valence-corrected chi connectivity index (χ3v) is 6.69. The smallest absolute Gasteiger partial charge is 0.111 e. The van der Waals surface area contributed by atoms with Crippen molar-refractivity contribution in [3.8, 4) is 34.0 Å². The lowest BCUT2D eigenvalue weighted by molar-refractivity contribution is 0.596. The molecular weight excluding hydrogens is 454 g/mol. The number of aromatic nitrogens is 5. The number of nitrogens with zero attached hydrogens (tertiary/aromatic N) is 5. The molecular formula is C32H27N5. The van der Waals surface area contributed by atoms with Crippen molar-refractivity contribution in [3.05, 3.63) is 139 Å². The van der Waals surface area contributed by atoms with Gasteiger partial charge in [0, 0.05) is 35.3 Å². The monoisotopic (exact) mass is 481 g/mol. The topological polar surface area (TPSA) is 48.5 Å². The summed E-state index contributed by atoms with van der Waals surface area (Å²) in [4.78, 5) is 10.1. The first kappa shape index (κ1) is 22.7. The Bertz CT molecular complexity index is 1520. The molecule has 0 aliphatic heterocycles. The lowest BCUT2D eigenvalue weighted by Crippen LogP contribution is -2.22. The molecule has 0 saturated heterocycles. The zero-order valence-corrected chi connectivity index (χ0v) is 20.9. The summed E-state index contributed by atoms with van der Waals surface area (Å²) in [6.45, 7) is 4.34. The van der Waals surface area contributed by atoms with Crippen LogP contribution in [0, 0.1) is 0 Å². The van der Waals surface area contributed by atoms with Crippen molar-refractivity contribution in [3.63, 3.8) is 0 Å². The Balaban J connectivity index is 1.30. The number of benzene rings is 2. The highest BCUT2D eigenvalue weighted by Crippen LogP contribution is 2.32. The first-order chi connectivity index (χ1) is 18.1. The fraction of sp³-hybridized carbons (Fsp3) is 0.0938. The highest BCUT2D eigenvalue weighted by Gasteiger charge is 2.27. The van der Waals surface area contributed by atoms with E-state index in [9.17, 15) is 0 Å². The summed E-state index contributed by atoms with van der Waals surface area (Å²) in [5.74, 6) is 0. The molecule has 0 radical (unpaired) electrons. The van der Waals surface area contributed by atoms with Crippen molar-refractivity contribution < 1.29 is 0 Å². The van der Waals surface area contributed by atoms with Crippen LogP contribution in [0.1, 0.15) is 25.2 Å². The zero-order valence-electron chi connectivity index (χ0n) is 20.9. The van der Waals surface area contributed by atoms with Gasteiger partial charge in [0.15, 0.2) is 0 Å². The Labute approximate surface area is 216 Å². The molecule has 4 heterocycles. The van der Waals surface area contributed by atoms with Crippen LogP contribution < -0.4 is 0 Å². The normalized spacial score (nSPS) is 11.5. The number of para-hydroxylation sites is 2. The van der Waals surface area contributed by atoms with Gasteiger partial charge in [-0.3, -0.25) is 9.97 Å². The fourth-order valence-corrected chi connectivity index (χ4v) is 4.49. The molecule has 5 heteroatoms. The third kappa shape index (κ3) is 4.47. The van der Waals surface area contributed by atoms with E-state index >= 15 is 0 Å². The zero-order chi connectivity index (χ0) is 25.2. The second-order valence-corrected chi connectivity index (χ2v) is 9.57. The molecule has 0 atom stereocenters. The van der Waals surface area contributed by atoms with Crippen LogP contribution in [0.25, 0.3) is 34.0 Å². The van der Waals surface area contributed by atoms with Gasteiger partial charge in [0.2, 0.25) is 0 Å². The van der Waals surface area contributed by atoms with Gasteiger partial charge < -0.3 is 4.57 Å². The largest absolute Gasteiger partial charge is 0.323 e. The lowest BCUT2D eigenvalue weighted by Gasteiger charge is -2.24. The second kappa shape index (κ2) is 9.36. The first-order valence-corrected chi connectivity index (χ1v) is 12.4. The maximum atomic E-state index is 5.07. The molecule has 5 nitrogen and oxygen atoms in total. The number of rotatable bonds is 6. The average molecular weight is 482 g/mol. The number of hydrogen-bond donors (Lipinski definition) is 0. The quantitative estimate of drug-likeness (QED) is 0.255. The molecule has 0 aliphatic carbocycles. The van der Waals surface area contributed by atoms with E-state index in [0.29, 0.717) is 0 Å². The van der Waals surface area contributed by atoms with Gasteiger partial charge in [-0.15, -0.1) is 0 Å². The highest BCUT2D eigenvalue weighted by molar-refractivity contribution is 5.60.